The predicted octanol–water partition coefficient (Wildman–Crippen LogP) is 1.18. The van der Waals surface area contributed by atoms with Crippen molar-refractivity contribution >= 4 is 27.6 Å². The van der Waals surface area contributed by atoms with Gasteiger partial charge < -0.3 is 10.7 Å². The smallest absolute Gasteiger partial charge is 0.159 e. The molecule has 0 radical (unpaired) electrons. The van der Waals surface area contributed by atoms with E-state index in [-0.39, 0.29) is 0 Å². The number of anilines is 2. The summed E-state index contributed by atoms with van der Waals surface area (Å²) < 4.78 is 2.54. The molecule has 0 amide bonds. The highest BCUT2D eigenvalue weighted by atomic mass is 79.9. The molecule has 0 aliphatic carbocycles. The Labute approximate surface area is 113 Å². The minimum Gasteiger partial charge on any atom is -0.365 e. The summed E-state index contributed by atoms with van der Waals surface area (Å²) in [5, 5.41) is 7.40. The number of hydrogen-bond donors (Lipinski definition) is 3. The van der Waals surface area contributed by atoms with Gasteiger partial charge in [0.1, 0.15) is 16.6 Å². The number of rotatable bonds is 4. The van der Waals surface area contributed by atoms with Gasteiger partial charge in [-0.3, -0.25) is 4.68 Å². The van der Waals surface area contributed by atoms with Crippen molar-refractivity contribution in [1.29, 1.82) is 0 Å². The number of nitrogens with two attached hydrogens (primary N) is 1. The molecule has 7 nitrogen and oxygen atoms in total. The Morgan fingerprint density at radius 1 is 1.39 bits per heavy atom. The fourth-order valence-corrected chi connectivity index (χ4v) is 1.95. The molecule has 0 atom stereocenters. The van der Waals surface area contributed by atoms with Crippen molar-refractivity contribution in [2.45, 2.75) is 13.5 Å². The summed E-state index contributed by atoms with van der Waals surface area (Å²) >= 11 is 3.39. The Bertz CT molecular complexity index is 551. The summed E-state index contributed by atoms with van der Waals surface area (Å²) in [6, 6.07) is 0. The fourth-order valence-electron chi connectivity index (χ4n) is 1.49. The van der Waals surface area contributed by atoms with Crippen LogP contribution in [0.1, 0.15) is 11.3 Å². The van der Waals surface area contributed by atoms with Crippen molar-refractivity contribution < 1.29 is 0 Å². The van der Waals surface area contributed by atoms with Crippen molar-refractivity contribution in [2.75, 3.05) is 10.7 Å². The van der Waals surface area contributed by atoms with E-state index < -0.39 is 0 Å². The number of aryl methyl sites for hydroxylation is 1. The van der Waals surface area contributed by atoms with Crippen LogP contribution in [0.4, 0.5) is 11.6 Å². The van der Waals surface area contributed by atoms with Crippen LogP contribution in [0, 0.1) is 6.92 Å². The van der Waals surface area contributed by atoms with Crippen LogP contribution in [-0.4, -0.2) is 19.7 Å². The van der Waals surface area contributed by atoms with E-state index in [0.29, 0.717) is 22.7 Å². The van der Waals surface area contributed by atoms with E-state index >= 15 is 0 Å². The molecule has 96 valence electrons. The van der Waals surface area contributed by atoms with Crippen LogP contribution in [0.2, 0.25) is 0 Å². The number of hydrogen-bond acceptors (Lipinski definition) is 6. The van der Waals surface area contributed by atoms with Gasteiger partial charge in [0, 0.05) is 24.8 Å². The molecular weight excluding hydrogens is 298 g/mol. The maximum absolute atomic E-state index is 5.34. The summed E-state index contributed by atoms with van der Waals surface area (Å²) in [5.41, 5.74) is 4.73. The van der Waals surface area contributed by atoms with E-state index in [1.165, 1.54) is 6.33 Å². The van der Waals surface area contributed by atoms with Gasteiger partial charge in [-0.05, 0) is 22.9 Å². The van der Waals surface area contributed by atoms with Crippen molar-refractivity contribution in [3.8, 4) is 0 Å². The first kappa shape index (κ1) is 12.8. The maximum Gasteiger partial charge on any atom is 0.159 e. The van der Waals surface area contributed by atoms with Gasteiger partial charge in [0.15, 0.2) is 5.82 Å². The first-order valence-electron chi connectivity index (χ1n) is 5.32. The van der Waals surface area contributed by atoms with Gasteiger partial charge in [-0.2, -0.15) is 5.10 Å². The Kier molecular flexibility index (Phi) is 3.78. The van der Waals surface area contributed by atoms with Gasteiger partial charge >= 0.3 is 0 Å². The zero-order valence-electron chi connectivity index (χ0n) is 10.1. The van der Waals surface area contributed by atoms with E-state index in [1.54, 1.807) is 0 Å². The molecule has 0 aliphatic heterocycles. The van der Waals surface area contributed by atoms with Crippen LogP contribution in [0.25, 0.3) is 0 Å². The van der Waals surface area contributed by atoms with Crippen LogP contribution in [0.15, 0.2) is 17.0 Å². The summed E-state index contributed by atoms with van der Waals surface area (Å²) in [6.45, 7) is 2.66. The van der Waals surface area contributed by atoms with Crippen LogP contribution in [-0.2, 0) is 13.6 Å². The molecule has 2 aromatic rings. The summed E-state index contributed by atoms with van der Waals surface area (Å²) in [7, 11) is 1.91. The third-order valence-electron chi connectivity index (χ3n) is 2.71. The second kappa shape index (κ2) is 5.32. The standard InChI is InChI=1S/C10H14BrN7/c1-6-7(4-16-18(6)2)3-13-9-8(11)10(17-12)15-5-14-9/h4-5H,3,12H2,1-2H3,(H2,13,14,15,17). The molecular formula is C10H14BrN7. The SMILES string of the molecule is Cc1c(CNc2ncnc(NN)c2Br)cnn1C. The molecule has 8 heteroatoms. The van der Waals surface area contributed by atoms with Crippen molar-refractivity contribution in [3.63, 3.8) is 0 Å². The van der Waals surface area contributed by atoms with Gasteiger partial charge in [-0.1, -0.05) is 0 Å². The summed E-state index contributed by atoms with van der Waals surface area (Å²) in [6.07, 6.45) is 3.28. The van der Waals surface area contributed by atoms with E-state index in [9.17, 15) is 0 Å². The molecule has 0 unspecified atom stereocenters. The second-order valence-corrected chi connectivity index (χ2v) is 4.55. The zero-order chi connectivity index (χ0) is 13.1. The molecule has 2 rings (SSSR count). The zero-order valence-corrected chi connectivity index (χ0v) is 11.7. The van der Waals surface area contributed by atoms with Crippen molar-refractivity contribution in [1.82, 2.24) is 19.7 Å². The molecule has 0 saturated heterocycles. The molecule has 0 fully saturated rings. The van der Waals surface area contributed by atoms with E-state index in [2.05, 4.69) is 41.7 Å². The summed E-state index contributed by atoms with van der Waals surface area (Å²) in [4.78, 5) is 8.13. The number of aromatic nitrogens is 4. The molecule has 0 aromatic carbocycles. The lowest BCUT2D eigenvalue weighted by Gasteiger charge is -2.09. The minimum atomic E-state index is 0.537. The quantitative estimate of drug-likeness (QED) is 0.580. The van der Waals surface area contributed by atoms with Crippen molar-refractivity contribution in [3.05, 3.63) is 28.3 Å². The van der Waals surface area contributed by atoms with Gasteiger partial charge in [-0.15, -0.1) is 0 Å². The Morgan fingerprint density at radius 2 is 2.11 bits per heavy atom. The monoisotopic (exact) mass is 311 g/mol. The fraction of sp³-hybridized carbons (Fsp3) is 0.300. The summed E-state index contributed by atoms with van der Waals surface area (Å²) in [5.74, 6) is 6.56. The normalized spacial score (nSPS) is 10.4. The number of hydrazine groups is 1. The van der Waals surface area contributed by atoms with Gasteiger partial charge in [0.25, 0.3) is 0 Å². The van der Waals surface area contributed by atoms with E-state index in [4.69, 9.17) is 5.84 Å². The molecule has 0 saturated carbocycles. The Balaban J connectivity index is 2.13. The molecule has 0 spiro atoms. The van der Waals surface area contributed by atoms with Crippen LogP contribution < -0.4 is 16.6 Å². The minimum absolute atomic E-state index is 0.537. The van der Waals surface area contributed by atoms with Crippen LogP contribution >= 0.6 is 15.9 Å². The van der Waals surface area contributed by atoms with Crippen LogP contribution in [0.5, 0.6) is 0 Å². The largest absolute Gasteiger partial charge is 0.365 e. The van der Waals surface area contributed by atoms with Crippen LogP contribution in [0.3, 0.4) is 0 Å². The van der Waals surface area contributed by atoms with Crippen molar-refractivity contribution in [2.24, 2.45) is 12.9 Å². The third-order valence-corrected chi connectivity index (χ3v) is 3.46. The third kappa shape index (κ3) is 2.44. The second-order valence-electron chi connectivity index (χ2n) is 3.76. The highest BCUT2D eigenvalue weighted by Gasteiger charge is 2.09. The van der Waals surface area contributed by atoms with E-state index in [0.717, 1.165) is 11.3 Å². The highest BCUT2D eigenvalue weighted by molar-refractivity contribution is 9.10. The molecule has 0 aliphatic rings. The highest BCUT2D eigenvalue weighted by Crippen LogP contribution is 2.26. The number of nitrogens with one attached hydrogen (secondary N) is 2. The topological polar surface area (TPSA) is 93.7 Å². The number of nitrogens with zero attached hydrogens (tertiary/aromatic N) is 4. The lowest BCUT2D eigenvalue weighted by atomic mass is 10.2. The first-order chi connectivity index (χ1) is 8.63. The van der Waals surface area contributed by atoms with Gasteiger partial charge in [0.2, 0.25) is 0 Å². The first-order valence-corrected chi connectivity index (χ1v) is 6.11. The Hall–Kier alpha value is -1.67. The predicted molar refractivity (Wildman–Crippen MR) is 72.8 cm³/mol. The number of nitrogen functional groups attached to an aromatic ring is 1. The lowest BCUT2D eigenvalue weighted by molar-refractivity contribution is 0.738. The molecule has 2 aromatic heterocycles. The average molecular weight is 312 g/mol. The average Bonchev–Trinajstić information content (AvgIpc) is 2.69. The molecule has 0 bridgehead atoms. The molecule has 2 heterocycles. The maximum atomic E-state index is 5.34. The lowest BCUT2D eigenvalue weighted by Crippen LogP contribution is -2.11. The van der Waals surface area contributed by atoms with Gasteiger partial charge in [-0.25, -0.2) is 15.8 Å². The van der Waals surface area contributed by atoms with E-state index in [1.807, 2.05) is 24.9 Å². The molecule has 4 N–H and O–H groups in total. The Morgan fingerprint density at radius 3 is 2.72 bits per heavy atom. The molecule has 18 heavy (non-hydrogen) atoms. The van der Waals surface area contributed by atoms with Gasteiger partial charge in [0.05, 0.1) is 6.20 Å². The number of halogens is 1.